The van der Waals surface area contributed by atoms with E-state index in [1.54, 1.807) is 12.1 Å². The first-order valence-electron chi connectivity index (χ1n) is 9.52. The van der Waals surface area contributed by atoms with Gasteiger partial charge in [-0.1, -0.05) is 48.0 Å². The lowest BCUT2D eigenvalue weighted by atomic mass is 10.1. The first-order valence-corrected chi connectivity index (χ1v) is 9.90. The Morgan fingerprint density at radius 3 is 2.73 bits per heavy atom. The average molecular weight is 420 g/mol. The minimum absolute atomic E-state index is 0.112. The molecular weight excluding hydrogens is 402 g/mol. The molecule has 1 aliphatic rings. The molecule has 4 aromatic rings. The molecule has 2 heterocycles. The molecule has 150 valence electrons. The number of halogens is 1. The first kappa shape index (κ1) is 18.5. The molecule has 0 fully saturated rings. The van der Waals surface area contributed by atoms with Gasteiger partial charge in [0.15, 0.2) is 11.5 Å². The maximum absolute atomic E-state index is 12.5. The van der Waals surface area contributed by atoms with Crippen molar-refractivity contribution in [3.8, 4) is 11.5 Å². The van der Waals surface area contributed by atoms with Crippen LogP contribution in [-0.2, 0) is 13.1 Å². The molecule has 6 nitrogen and oxygen atoms in total. The summed E-state index contributed by atoms with van der Waals surface area (Å²) < 4.78 is 12.7. The number of rotatable bonds is 5. The van der Waals surface area contributed by atoms with Crippen molar-refractivity contribution in [2.24, 2.45) is 0 Å². The van der Waals surface area contributed by atoms with Gasteiger partial charge in [0.05, 0.1) is 22.4 Å². The molecule has 7 heteroatoms. The fraction of sp³-hybridized carbons (Fsp3) is 0.130. The summed E-state index contributed by atoms with van der Waals surface area (Å²) in [5.41, 5.74) is 4.70. The van der Waals surface area contributed by atoms with Crippen LogP contribution in [0.4, 0.5) is 0 Å². The third-order valence-electron chi connectivity index (χ3n) is 5.05. The Balaban J connectivity index is 1.23. The van der Waals surface area contributed by atoms with Gasteiger partial charge in [0.25, 0.3) is 5.91 Å². The van der Waals surface area contributed by atoms with E-state index in [1.165, 1.54) is 0 Å². The second kappa shape index (κ2) is 7.72. The number of carbonyl (C=O) groups is 1. The number of ether oxygens (including phenoxy) is 2. The number of hydrogen-bond donors (Lipinski definition) is 1. The summed E-state index contributed by atoms with van der Waals surface area (Å²) in [6.07, 6.45) is 1.86. The number of nitrogens with zero attached hydrogens (tertiary/aromatic N) is 2. The predicted octanol–water partition coefficient (Wildman–Crippen LogP) is 4.40. The first-order chi connectivity index (χ1) is 14.7. The highest BCUT2D eigenvalue weighted by Gasteiger charge is 2.20. The van der Waals surface area contributed by atoms with E-state index in [9.17, 15) is 4.79 Å². The van der Waals surface area contributed by atoms with Gasteiger partial charge >= 0.3 is 0 Å². The summed E-state index contributed by atoms with van der Waals surface area (Å²) >= 11 is 6.16. The van der Waals surface area contributed by atoms with Gasteiger partial charge in [0.1, 0.15) is 0 Å². The molecule has 0 spiro atoms. The van der Waals surface area contributed by atoms with Crippen molar-refractivity contribution in [3.05, 3.63) is 88.7 Å². The number of nitrogens with one attached hydrogen (secondary N) is 1. The fourth-order valence-corrected chi connectivity index (χ4v) is 3.74. The van der Waals surface area contributed by atoms with Crippen LogP contribution < -0.4 is 14.8 Å². The molecule has 0 atom stereocenters. The molecule has 0 saturated heterocycles. The summed E-state index contributed by atoms with van der Waals surface area (Å²) in [6.45, 7) is 1.27. The molecule has 0 bridgehead atoms. The molecule has 30 heavy (non-hydrogen) atoms. The zero-order valence-corrected chi connectivity index (χ0v) is 16.7. The third kappa shape index (κ3) is 3.57. The topological polar surface area (TPSA) is 65.4 Å². The van der Waals surface area contributed by atoms with E-state index in [0.717, 1.165) is 28.7 Å². The Bertz CT molecular complexity index is 1230. The van der Waals surface area contributed by atoms with Crippen LogP contribution in [0.1, 0.15) is 21.5 Å². The summed E-state index contributed by atoms with van der Waals surface area (Å²) in [7, 11) is 0. The zero-order chi connectivity index (χ0) is 20.5. The van der Waals surface area contributed by atoms with Crippen LogP contribution in [0, 0.1) is 0 Å². The van der Waals surface area contributed by atoms with Crippen molar-refractivity contribution < 1.29 is 14.3 Å². The summed E-state index contributed by atoms with van der Waals surface area (Å²) in [5, 5.41) is 3.28. The zero-order valence-electron chi connectivity index (χ0n) is 16.0. The van der Waals surface area contributed by atoms with Crippen molar-refractivity contribution in [2.45, 2.75) is 13.1 Å². The van der Waals surface area contributed by atoms with Gasteiger partial charge in [-0.15, -0.1) is 0 Å². The van der Waals surface area contributed by atoms with Gasteiger partial charge in [-0.25, -0.2) is 4.98 Å². The molecular formula is C23H18ClN3O3. The monoisotopic (exact) mass is 419 g/mol. The lowest BCUT2D eigenvalue weighted by molar-refractivity contribution is 0.0950. The quantitative estimate of drug-likeness (QED) is 0.520. The number of aromatic nitrogens is 2. The molecule has 0 aliphatic carbocycles. The Labute approximate surface area is 178 Å². The predicted molar refractivity (Wildman–Crippen MR) is 114 cm³/mol. The van der Waals surface area contributed by atoms with E-state index in [-0.39, 0.29) is 12.7 Å². The van der Waals surface area contributed by atoms with Crippen LogP contribution in [0.25, 0.3) is 11.0 Å². The molecule has 0 unspecified atom stereocenters. The van der Waals surface area contributed by atoms with Gasteiger partial charge < -0.3 is 19.4 Å². The molecule has 1 N–H and O–H groups in total. The lowest BCUT2D eigenvalue weighted by Gasteiger charge is -2.09. The van der Waals surface area contributed by atoms with E-state index in [0.29, 0.717) is 28.6 Å². The smallest absolute Gasteiger partial charge is 0.251 e. The number of carbonyl (C=O) groups excluding carboxylic acids is 1. The van der Waals surface area contributed by atoms with Gasteiger partial charge in [-0.3, -0.25) is 4.79 Å². The van der Waals surface area contributed by atoms with Gasteiger partial charge in [-0.2, -0.15) is 0 Å². The fourth-order valence-electron chi connectivity index (χ4n) is 3.48. The SMILES string of the molecule is O=C(NCc1ccc(Cn2cnc3ccccc32)cc1)c1cc(Cl)c2c(c1)OCO2. The maximum atomic E-state index is 12.5. The van der Waals surface area contributed by atoms with E-state index < -0.39 is 0 Å². The minimum atomic E-state index is -0.218. The second-order valence-electron chi connectivity index (χ2n) is 7.05. The number of para-hydroxylation sites is 2. The minimum Gasteiger partial charge on any atom is -0.454 e. The summed E-state index contributed by atoms with van der Waals surface area (Å²) in [6, 6.07) is 19.5. The number of fused-ring (bicyclic) bond motifs is 2. The van der Waals surface area contributed by atoms with E-state index >= 15 is 0 Å². The van der Waals surface area contributed by atoms with Crippen molar-refractivity contribution >= 4 is 28.5 Å². The molecule has 1 amide bonds. The summed E-state index contributed by atoms with van der Waals surface area (Å²) in [4.78, 5) is 16.9. The largest absolute Gasteiger partial charge is 0.454 e. The second-order valence-corrected chi connectivity index (χ2v) is 7.46. The van der Waals surface area contributed by atoms with Gasteiger partial charge in [0, 0.05) is 18.7 Å². The molecule has 1 aliphatic heterocycles. The van der Waals surface area contributed by atoms with Crippen LogP contribution in [0.15, 0.2) is 67.0 Å². The third-order valence-corrected chi connectivity index (χ3v) is 5.33. The lowest BCUT2D eigenvalue weighted by Crippen LogP contribution is -2.22. The number of amides is 1. The standard InChI is InChI=1S/C23H18ClN3O3/c24-18-9-17(10-21-22(18)30-14-29-21)23(28)25-11-15-5-7-16(8-6-15)12-27-13-26-19-3-1-2-4-20(19)27/h1-10,13H,11-12,14H2,(H,25,28). The Morgan fingerprint density at radius 1 is 1.07 bits per heavy atom. The van der Waals surface area contributed by atoms with Gasteiger partial charge in [-0.05, 0) is 35.4 Å². The van der Waals surface area contributed by atoms with Crippen LogP contribution in [0.2, 0.25) is 5.02 Å². The molecule has 1 aromatic heterocycles. The molecule has 0 radical (unpaired) electrons. The van der Waals surface area contributed by atoms with Crippen molar-refractivity contribution in [2.75, 3.05) is 6.79 Å². The van der Waals surface area contributed by atoms with Crippen LogP contribution in [0.5, 0.6) is 11.5 Å². The van der Waals surface area contributed by atoms with Crippen LogP contribution in [0.3, 0.4) is 0 Å². The highest BCUT2D eigenvalue weighted by atomic mass is 35.5. The van der Waals surface area contributed by atoms with Crippen molar-refractivity contribution in [1.29, 1.82) is 0 Å². The molecule has 5 rings (SSSR count). The Kier molecular flexibility index (Phi) is 4.77. The molecule has 3 aromatic carbocycles. The van der Waals surface area contributed by atoms with Crippen molar-refractivity contribution in [3.63, 3.8) is 0 Å². The van der Waals surface area contributed by atoms with Crippen LogP contribution in [-0.4, -0.2) is 22.3 Å². The van der Waals surface area contributed by atoms with Crippen molar-refractivity contribution in [1.82, 2.24) is 14.9 Å². The van der Waals surface area contributed by atoms with E-state index in [1.807, 2.05) is 36.7 Å². The highest BCUT2D eigenvalue weighted by molar-refractivity contribution is 6.32. The molecule has 0 saturated carbocycles. The highest BCUT2D eigenvalue weighted by Crippen LogP contribution is 2.39. The normalized spacial score (nSPS) is 12.3. The van der Waals surface area contributed by atoms with E-state index in [2.05, 4.69) is 33.1 Å². The number of benzene rings is 3. The Morgan fingerprint density at radius 2 is 1.87 bits per heavy atom. The maximum Gasteiger partial charge on any atom is 0.251 e. The number of hydrogen-bond acceptors (Lipinski definition) is 4. The average Bonchev–Trinajstić information content (AvgIpc) is 3.41. The van der Waals surface area contributed by atoms with Crippen LogP contribution >= 0.6 is 11.6 Å². The Hall–Kier alpha value is -3.51. The number of imidazole rings is 1. The van der Waals surface area contributed by atoms with Gasteiger partial charge in [0.2, 0.25) is 6.79 Å². The van der Waals surface area contributed by atoms with E-state index in [4.69, 9.17) is 21.1 Å². The summed E-state index contributed by atoms with van der Waals surface area (Å²) in [5.74, 6) is 0.752.